The number of nitrogen functional groups attached to an aromatic ring is 1. The molecule has 6 nitrogen and oxygen atoms in total. The van der Waals surface area contributed by atoms with Gasteiger partial charge in [-0.15, -0.1) is 10.2 Å². The topological polar surface area (TPSA) is 103 Å². The van der Waals surface area contributed by atoms with E-state index in [0.717, 1.165) is 0 Å². The lowest BCUT2D eigenvalue weighted by Crippen LogP contribution is -3.11. The second-order valence-corrected chi connectivity index (χ2v) is 6.01. The van der Waals surface area contributed by atoms with Crippen LogP contribution in [0, 0.1) is 11.3 Å². The Labute approximate surface area is 155 Å². The number of nitrogens with one attached hydrogen (secondary N) is 1. The Balaban J connectivity index is 0.000000351. The van der Waals surface area contributed by atoms with Crippen LogP contribution in [0.3, 0.4) is 0 Å². The van der Waals surface area contributed by atoms with Crippen LogP contribution in [0.4, 0.5) is 5.82 Å². The number of halogens is 3. The highest BCUT2D eigenvalue weighted by Crippen LogP contribution is 2.43. The van der Waals surface area contributed by atoms with Crippen molar-refractivity contribution in [3.8, 4) is 11.8 Å². The first-order chi connectivity index (χ1) is 11.3. The number of fused-ring (bicyclic) bond motifs is 1. The SMILES string of the molecule is CC[NH+](CC)CC.N#Cc1c(N)nnc2c(Cl)c(Cl)c([O-])c(Cl)c12. The largest absolute Gasteiger partial charge is 0.870 e. The van der Waals surface area contributed by atoms with Crippen molar-refractivity contribution in [3.05, 3.63) is 20.6 Å². The van der Waals surface area contributed by atoms with E-state index in [4.69, 9.17) is 45.8 Å². The van der Waals surface area contributed by atoms with Gasteiger partial charge < -0.3 is 15.7 Å². The van der Waals surface area contributed by atoms with E-state index in [0.29, 0.717) is 0 Å². The van der Waals surface area contributed by atoms with Gasteiger partial charge in [-0.1, -0.05) is 40.6 Å². The first kappa shape index (κ1) is 20.5. The van der Waals surface area contributed by atoms with Gasteiger partial charge in [-0.3, -0.25) is 0 Å². The maximum Gasteiger partial charge on any atom is 0.164 e. The Kier molecular flexibility index (Phi) is 7.77. The zero-order valence-corrected chi connectivity index (χ0v) is 15.9. The van der Waals surface area contributed by atoms with Crippen molar-refractivity contribution in [2.45, 2.75) is 20.8 Å². The Morgan fingerprint density at radius 1 is 1.04 bits per heavy atom. The molecule has 0 aliphatic heterocycles. The third-order valence-corrected chi connectivity index (χ3v) is 4.82. The summed E-state index contributed by atoms with van der Waals surface area (Å²) in [6, 6.07) is 1.80. The number of rotatable bonds is 3. The Morgan fingerprint density at radius 3 is 2.00 bits per heavy atom. The second-order valence-electron chi connectivity index (χ2n) is 4.88. The van der Waals surface area contributed by atoms with E-state index in [2.05, 4.69) is 31.0 Å². The van der Waals surface area contributed by atoms with Crippen LogP contribution in [0.2, 0.25) is 15.1 Å². The average molecular weight is 391 g/mol. The van der Waals surface area contributed by atoms with Crippen molar-refractivity contribution in [1.29, 1.82) is 5.26 Å². The van der Waals surface area contributed by atoms with Crippen molar-refractivity contribution < 1.29 is 10.0 Å². The molecule has 9 heteroatoms. The van der Waals surface area contributed by atoms with Crippen molar-refractivity contribution in [2.24, 2.45) is 0 Å². The van der Waals surface area contributed by atoms with Crippen LogP contribution in [0.1, 0.15) is 26.3 Å². The number of aromatic nitrogens is 2. The molecule has 0 fully saturated rings. The third kappa shape index (κ3) is 4.11. The molecule has 0 aliphatic rings. The lowest BCUT2D eigenvalue weighted by Gasteiger charge is -2.15. The van der Waals surface area contributed by atoms with Crippen LogP contribution in [0.25, 0.3) is 10.9 Å². The molecule has 2 aromatic rings. The van der Waals surface area contributed by atoms with E-state index in [1.807, 2.05) is 0 Å². The minimum absolute atomic E-state index is 0.0457. The van der Waals surface area contributed by atoms with Crippen molar-refractivity contribution in [2.75, 3.05) is 25.4 Å². The van der Waals surface area contributed by atoms with Gasteiger partial charge in [0.2, 0.25) is 0 Å². The smallest absolute Gasteiger partial charge is 0.164 e. The summed E-state index contributed by atoms with van der Waals surface area (Å²) in [4.78, 5) is 1.68. The molecule has 24 heavy (non-hydrogen) atoms. The standard InChI is InChI=1S/C9H3Cl3N4O.C6H15N/c10-4-3-2(1-13)9(14)16-15-7(3)5(11)6(12)8(4)17;1-4-7(5-2)6-3/h17H,(H2,14,16);4-6H2,1-3H3. The number of quaternary nitrogens is 1. The number of nitrogens with two attached hydrogens (primary N) is 1. The maximum absolute atomic E-state index is 11.6. The number of hydrogen-bond acceptors (Lipinski definition) is 5. The normalized spacial score (nSPS) is 10.4. The molecule has 2 rings (SSSR count). The van der Waals surface area contributed by atoms with E-state index >= 15 is 0 Å². The molecule has 0 spiro atoms. The number of benzene rings is 1. The van der Waals surface area contributed by atoms with Crippen molar-refractivity contribution in [3.63, 3.8) is 0 Å². The van der Waals surface area contributed by atoms with Gasteiger partial charge in [-0.2, -0.15) is 5.26 Å². The minimum atomic E-state index is -0.672. The molecular weight excluding hydrogens is 373 g/mol. The van der Waals surface area contributed by atoms with Crippen LogP contribution in [0.5, 0.6) is 5.75 Å². The van der Waals surface area contributed by atoms with Gasteiger partial charge in [-0.25, -0.2) is 0 Å². The molecule has 0 saturated carbocycles. The molecule has 0 unspecified atom stereocenters. The average Bonchev–Trinajstić information content (AvgIpc) is 2.59. The molecule has 1 heterocycles. The summed E-state index contributed by atoms with van der Waals surface area (Å²) in [7, 11) is 0. The lowest BCUT2D eigenvalue weighted by atomic mass is 10.1. The van der Waals surface area contributed by atoms with Gasteiger partial charge in [0.05, 0.1) is 29.7 Å². The van der Waals surface area contributed by atoms with E-state index in [1.165, 1.54) is 19.6 Å². The quantitative estimate of drug-likeness (QED) is 0.781. The van der Waals surface area contributed by atoms with Crippen LogP contribution in [-0.2, 0) is 0 Å². The van der Waals surface area contributed by atoms with E-state index < -0.39 is 5.75 Å². The maximum atomic E-state index is 11.6. The molecule has 0 amide bonds. The number of hydrogen-bond donors (Lipinski definition) is 2. The van der Waals surface area contributed by atoms with Gasteiger partial charge in [0.15, 0.2) is 5.82 Å². The lowest BCUT2D eigenvalue weighted by molar-refractivity contribution is -0.894. The van der Waals surface area contributed by atoms with Gasteiger partial charge in [-0.05, 0) is 20.8 Å². The molecule has 0 saturated heterocycles. The van der Waals surface area contributed by atoms with Crippen LogP contribution < -0.4 is 15.7 Å². The fraction of sp³-hybridized carbons (Fsp3) is 0.400. The fourth-order valence-corrected chi connectivity index (χ4v) is 2.82. The van der Waals surface area contributed by atoms with Crippen molar-refractivity contribution >= 4 is 51.5 Å². The molecule has 0 aliphatic carbocycles. The highest BCUT2D eigenvalue weighted by Gasteiger charge is 2.17. The Hall–Kier alpha value is -1.52. The third-order valence-electron chi connectivity index (χ3n) is 3.63. The first-order valence-electron chi connectivity index (χ1n) is 7.36. The zero-order chi connectivity index (χ0) is 18.4. The highest BCUT2D eigenvalue weighted by molar-refractivity contribution is 6.49. The highest BCUT2D eigenvalue weighted by atomic mass is 35.5. The van der Waals surface area contributed by atoms with Crippen LogP contribution >= 0.6 is 34.8 Å². The van der Waals surface area contributed by atoms with E-state index in [-0.39, 0.29) is 37.4 Å². The zero-order valence-electron chi connectivity index (χ0n) is 13.6. The molecule has 3 N–H and O–H groups in total. The molecular formula is C15H18Cl3N5O. The minimum Gasteiger partial charge on any atom is -0.870 e. The van der Waals surface area contributed by atoms with E-state index in [1.54, 1.807) is 11.0 Å². The summed E-state index contributed by atoms with van der Waals surface area (Å²) in [6.45, 7) is 10.5. The summed E-state index contributed by atoms with van der Waals surface area (Å²) in [5.41, 5.74) is 5.50. The molecule has 0 bridgehead atoms. The fourth-order valence-electron chi connectivity index (χ4n) is 2.09. The summed E-state index contributed by atoms with van der Waals surface area (Å²) in [5, 5.41) is 27.3. The first-order valence-corrected chi connectivity index (χ1v) is 8.50. The Morgan fingerprint density at radius 2 is 1.58 bits per heavy atom. The predicted octanol–water partition coefficient (Wildman–Crippen LogP) is 2.05. The predicted molar refractivity (Wildman–Crippen MR) is 95.7 cm³/mol. The monoisotopic (exact) mass is 389 g/mol. The summed E-state index contributed by atoms with van der Waals surface area (Å²) in [6.07, 6.45) is 0. The molecule has 1 aromatic heterocycles. The number of anilines is 1. The molecule has 0 radical (unpaired) electrons. The van der Waals surface area contributed by atoms with Gasteiger partial charge in [0, 0.05) is 10.4 Å². The molecule has 130 valence electrons. The molecule has 0 atom stereocenters. The summed E-state index contributed by atoms with van der Waals surface area (Å²) < 4.78 is 0. The Bertz CT molecular complexity index is 767. The second kappa shape index (κ2) is 9.09. The molecule has 1 aromatic carbocycles. The van der Waals surface area contributed by atoms with Crippen molar-refractivity contribution in [1.82, 2.24) is 10.2 Å². The van der Waals surface area contributed by atoms with Gasteiger partial charge in [0.25, 0.3) is 0 Å². The summed E-state index contributed by atoms with van der Waals surface area (Å²) >= 11 is 17.4. The van der Waals surface area contributed by atoms with Gasteiger partial charge in [0.1, 0.15) is 17.1 Å². The van der Waals surface area contributed by atoms with Crippen LogP contribution in [0.15, 0.2) is 0 Å². The number of nitrogens with zero attached hydrogens (tertiary/aromatic N) is 3. The summed E-state index contributed by atoms with van der Waals surface area (Å²) in [5.74, 6) is -0.797. The van der Waals surface area contributed by atoms with E-state index in [9.17, 15) is 5.11 Å². The number of nitriles is 1. The van der Waals surface area contributed by atoms with Gasteiger partial charge >= 0.3 is 0 Å². The van der Waals surface area contributed by atoms with Crippen LogP contribution in [-0.4, -0.2) is 29.8 Å².